The van der Waals surface area contributed by atoms with Crippen LogP contribution in [0.4, 0.5) is 0 Å². The van der Waals surface area contributed by atoms with Gasteiger partial charge in [-0.05, 0) is 85.5 Å². The van der Waals surface area contributed by atoms with Crippen molar-refractivity contribution in [2.75, 3.05) is 0 Å². The second-order valence-corrected chi connectivity index (χ2v) is 17.9. The highest BCUT2D eigenvalue weighted by molar-refractivity contribution is 5.89. The monoisotopic (exact) mass is 847 g/mol. The maximum absolute atomic E-state index is 6.94. The molecule has 0 radical (unpaired) electrons. The van der Waals surface area contributed by atoms with Gasteiger partial charge in [-0.3, -0.25) is 0 Å². The number of hydrogen-bond donors (Lipinski definition) is 0. The summed E-state index contributed by atoms with van der Waals surface area (Å²) in [4.78, 5) is 15.3. The van der Waals surface area contributed by atoms with Crippen LogP contribution in [0.15, 0.2) is 212 Å². The zero-order valence-electron chi connectivity index (χ0n) is 36.4. The summed E-state index contributed by atoms with van der Waals surface area (Å²) in [6, 6.07) is 74.7. The SMILES string of the molecule is CC1(C)c2ccccc2-c2ccc(-c3nc(-c4ccccc4)nc(-c4ccc(-c5cccc6c5Oc5cc7c(cc5O6)C(c5ccccc5)(c5ccccc5)c5ccccc5-7)cc4)n3)cc21. The molecule has 13 rings (SSSR count). The van der Waals surface area contributed by atoms with E-state index in [-0.39, 0.29) is 5.41 Å². The average Bonchev–Trinajstić information content (AvgIpc) is 3.80. The zero-order chi connectivity index (χ0) is 44.0. The molecule has 9 aromatic carbocycles. The number of benzene rings is 9. The number of rotatable bonds is 6. The summed E-state index contributed by atoms with van der Waals surface area (Å²) in [7, 11) is 0. The van der Waals surface area contributed by atoms with Crippen LogP contribution < -0.4 is 9.47 Å². The van der Waals surface area contributed by atoms with E-state index in [1.54, 1.807) is 0 Å². The molecular formula is C61H41N3O2. The number of nitrogens with zero attached hydrogens (tertiary/aromatic N) is 3. The lowest BCUT2D eigenvalue weighted by Crippen LogP contribution is -2.28. The maximum atomic E-state index is 6.94. The molecule has 5 heteroatoms. The first-order chi connectivity index (χ1) is 32.4. The molecule has 0 saturated heterocycles. The Bertz CT molecular complexity index is 3510. The Labute approximate surface area is 383 Å². The smallest absolute Gasteiger partial charge is 0.177 e. The fraction of sp³-hybridized carbons (Fsp3) is 0.0656. The highest BCUT2D eigenvalue weighted by atomic mass is 16.6. The van der Waals surface area contributed by atoms with Crippen LogP contribution >= 0.6 is 0 Å². The highest BCUT2D eigenvalue weighted by Crippen LogP contribution is 2.60. The van der Waals surface area contributed by atoms with Gasteiger partial charge in [0.1, 0.15) is 0 Å². The van der Waals surface area contributed by atoms with Crippen LogP contribution in [-0.2, 0) is 10.8 Å². The van der Waals surface area contributed by atoms with Crippen LogP contribution in [0.1, 0.15) is 47.2 Å². The minimum Gasteiger partial charge on any atom is -0.449 e. The van der Waals surface area contributed by atoms with E-state index in [1.165, 1.54) is 50.1 Å². The van der Waals surface area contributed by atoms with E-state index in [4.69, 9.17) is 24.4 Å². The van der Waals surface area contributed by atoms with Crippen molar-refractivity contribution in [1.29, 1.82) is 0 Å². The molecule has 0 bridgehead atoms. The quantitative estimate of drug-likeness (QED) is 0.167. The second kappa shape index (κ2) is 14.6. The number of aromatic nitrogens is 3. The molecule has 0 spiro atoms. The normalized spacial score (nSPS) is 14.1. The minimum atomic E-state index is -0.539. The van der Waals surface area contributed by atoms with Crippen molar-refractivity contribution in [3.8, 4) is 90.5 Å². The Kier molecular flexibility index (Phi) is 8.40. The Morgan fingerprint density at radius 2 is 0.818 bits per heavy atom. The lowest BCUT2D eigenvalue weighted by molar-refractivity contribution is 0.360. The first-order valence-electron chi connectivity index (χ1n) is 22.5. The van der Waals surface area contributed by atoms with Gasteiger partial charge in [0.15, 0.2) is 40.5 Å². The van der Waals surface area contributed by atoms with Gasteiger partial charge in [0.25, 0.3) is 0 Å². The summed E-state index contributed by atoms with van der Waals surface area (Å²) in [6.45, 7) is 4.59. The summed E-state index contributed by atoms with van der Waals surface area (Å²) in [5.74, 6) is 4.58. The van der Waals surface area contributed by atoms with Gasteiger partial charge < -0.3 is 9.47 Å². The van der Waals surface area contributed by atoms with Gasteiger partial charge in [-0.25, -0.2) is 15.0 Å². The second-order valence-electron chi connectivity index (χ2n) is 17.9. The first-order valence-corrected chi connectivity index (χ1v) is 22.5. The summed E-state index contributed by atoms with van der Waals surface area (Å²) >= 11 is 0. The fourth-order valence-corrected chi connectivity index (χ4v) is 10.8. The first kappa shape index (κ1) is 38.1. The molecule has 2 aliphatic carbocycles. The van der Waals surface area contributed by atoms with Gasteiger partial charge in [0.2, 0.25) is 0 Å². The van der Waals surface area contributed by atoms with Gasteiger partial charge in [0, 0.05) is 27.7 Å². The predicted molar refractivity (Wildman–Crippen MR) is 263 cm³/mol. The van der Waals surface area contributed by atoms with E-state index >= 15 is 0 Å². The molecule has 10 aromatic rings. The highest BCUT2D eigenvalue weighted by Gasteiger charge is 2.47. The molecule has 1 aliphatic heterocycles. The number of para-hydroxylation sites is 1. The van der Waals surface area contributed by atoms with Crippen LogP contribution in [-0.4, -0.2) is 15.0 Å². The van der Waals surface area contributed by atoms with Crippen molar-refractivity contribution in [1.82, 2.24) is 15.0 Å². The van der Waals surface area contributed by atoms with Crippen LogP contribution in [0, 0.1) is 0 Å². The Hall–Kier alpha value is -8.41. The molecule has 0 unspecified atom stereocenters. The number of ether oxygens (including phenoxy) is 2. The largest absolute Gasteiger partial charge is 0.449 e. The summed E-state index contributed by atoms with van der Waals surface area (Å²) in [6.07, 6.45) is 0. The van der Waals surface area contributed by atoms with Gasteiger partial charge in [0.05, 0.1) is 5.41 Å². The molecule has 0 amide bonds. The molecule has 0 N–H and O–H groups in total. The predicted octanol–water partition coefficient (Wildman–Crippen LogP) is 15.1. The van der Waals surface area contributed by atoms with Crippen LogP contribution in [0.2, 0.25) is 0 Å². The molecule has 0 saturated carbocycles. The van der Waals surface area contributed by atoms with E-state index < -0.39 is 5.41 Å². The molecule has 66 heavy (non-hydrogen) atoms. The maximum Gasteiger partial charge on any atom is 0.177 e. The Morgan fingerprint density at radius 3 is 1.50 bits per heavy atom. The molecule has 0 atom stereocenters. The van der Waals surface area contributed by atoms with Crippen LogP contribution in [0.25, 0.3) is 67.5 Å². The van der Waals surface area contributed by atoms with E-state index in [0.29, 0.717) is 40.5 Å². The van der Waals surface area contributed by atoms with Crippen molar-refractivity contribution in [2.24, 2.45) is 0 Å². The van der Waals surface area contributed by atoms with Crippen LogP contribution in [0.5, 0.6) is 23.0 Å². The fourth-order valence-electron chi connectivity index (χ4n) is 10.8. The van der Waals surface area contributed by atoms with Crippen molar-refractivity contribution in [3.63, 3.8) is 0 Å². The third kappa shape index (κ3) is 5.69. The third-order valence-electron chi connectivity index (χ3n) is 13.9. The summed E-state index contributed by atoms with van der Waals surface area (Å²) in [5, 5.41) is 0. The number of fused-ring (bicyclic) bond motifs is 8. The van der Waals surface area contributed by atoms with Crippen molar-refractivity contribution >= 4 is 0 Å². The van der Waals surface area contributed by atoms with Crippen LogP contribution in [0.3, 0.4) is 0 Å². The average molecular weight is 848 g/mol. The van der Waals surface area contributed by atoms with Gasteiger partial charge in [-0.15, -0.1) is 0 Å². The molecule has 3 aliphatic rings. The van der Waals surface area contributed by atoms with Crippen molar-refractivity contribution in [3.05, 3.63) is 246 Å². The Morgan fingerprint density at radius 1 is 0.318 bits per heavy atom. The summed E-state index contributed by atoms with van der Waals surface area (Å²) < 4.78 is 13.8. The topological polar surface area (TPSA) is 57.1 Å². The van der Waals surface area contributed by atoms with E-state index in [2.05, 4.69) is 184 Å². The lowest BCUT2D eigenvalue weighted by Gasteiger charge is -2.34. The Balaban J connectivity index is 0.875. The standard InChI is InChI=1S/C61H41N3O2/c1-60(2)49-26-14-12-23-45(49)47-34-33-41(35-51(47)60)59-63-57(39-17-6-3-7-18-39)62-58(64-59)40-31-29-38(30-32-40)44-25-16-28-53-56(44)66-54-36-48-46-24-13-15-27-50(46)61(42-19-8-4-9-20-42,43-21-10-5-11-22-43)52(48)37-55(54)65-53/h3-37H,1-2H3. The molecule has 2 heterocycles. The minimum absolute atomic E-state index is 0.147. The third-order valence-corrected chi connectivity index (χ3v) is 13.9. The lowest BCUT2D eigenvalue weighted by atomic mass is 9.67. The summed E-state index contributed by atoms with van der Waals surface area (Å²) in [5.41, 5.74) is 16.3. The van der Waals surface area contributed by atoms with E-state index in [9.17, 15) is 0 Å². The van der Waals surface area contributed by atoms with E-state index in [1.807, 2.05) is 42.5 Å². The van der Waals surface area contributed by atoms with Gasteiger partial charge >= 0.3 is 0 Å². The van der Waals surface area contributed by atoms with Crippen molar-refractivity contribution in [2.45, 2.75) is 24.7 Å². The molecule has 312 valence electrons. The number of hydrogen-bond acceptors (Lipinski definition) is 5. The van der Waals surface area contributed by atoms with Gasteiger partial charge in [-0.2, -0.15) is 0 Å². The van der Waals surface area contributed by atoms with Gasteiger partial charge in [-0.1, -0.05) is 202 Å². The molecule has 1 aromatic heterocycles. The molecule has 0 fully saturated rings. The van der Waals surface area contributed by atoms with Crippen molar-refractivity contribution < 1.29 is 9.47 Å². The van der Waals surface area contributed by atoms with E-state index in [0.717, 1.165) is 33.4 Å². The molecule has 5 nitrogen and oxygen atoms in total. The molecular weight excluding hydrogens is 807 g/mol. The zero-order valence-corrected chi connectivity index (χ0v) is 36.4.